The number of benzene rings is 1. The van der Waals surface area contributed by atoms with Crippen molar-refractivity contribution in [1.29, 1.82) is 0 Å². The van der Waals surface area contributed by atoms with E-state index in [0.29, 0.717) is 18.1 Å². The van der Waals surface area contributed by atoms with Gasteiger partial charge in [-0.05, 0) is 50.2 Å². The topological polar surface area (TPSA) is 25.2 Å². The summed E-state index contributed by atoms with van der Waals surface area (Å²) in [5, 5.41) is 1.90. The number of nitrogens with zero attached hydrogens (tertiary/aromatic N) is 2. The van der Waals surface area contributed by atoms with Crippen molar-refractivity contribution in [1.82, 2.24) is 9.47 Å². The minimum atomic E-state index is 0.181. The second-order valence-electron chi connectivity index (χ2n) is 6.64. The Kier molecular flexibility index (Phi) is 3.11. The zero-order chi connectivity index (χ0) is 14.4. The van der Waals surface area contributed by atoms with E-state index in [-0.39, 0.29) is 5.56 Å². The van der Waals surface area contributed by atoms with Gasteiger partial charge < -0.3 is 9.47 Å². The van der Waals surface area contributed by atoms with Crippen LogP contribution < -0.4 is 5.56 Å². The lowest BCUT2D eigenvalue weighted by molar-refractivity contribution is 0.0393. The SMILES string of the molecule is CN1C2CCCC1CC(n1ccc3ccccc3c1=O)C2. The molecular formula is C18H22N2O. The van der Waals surface area contributed by atoms with Gasteiger partial charge in [0.25, 0.3) is 5.56 Å². The molecular weight excluding hydrogens is 260 g/mol. The fourth-order valence-corrected chi connectivity index (χ4v) is 4.31. The van der Waals surface area contributed by atoms with Crippen LogP contribution in [0.2, 0.25) is 0 Å². The summed E-state index contributed by atoms with van der Waals surface area (Å²) in [4.78, 5) is 15.3. The smallest absolute Gasteiger partial charge is 0.258 e. The molecule has 21 heavy (non-hydrogen) atoms. The molecule has 3 nitrogen and oxygen atoms in total. The maximum atomic E-state index is 12.8. The van der Waals surface area contributed by atoms with E-state index in [0.717, 1.165) is 23.6 Å². The molecule has 2 aliphatic rings. The van der Waals surface area contributed by atoms with Crippen molar-refractivity contribution < 1.29 is 0 Å². The van der Waals surface area contributed by atoms with E-state index >= 15 is 0 Å². The molecule has 2 fully saturated rings. The Bertz CT molecular complexity index is 706. The zero-order valence-corrected chi connectivity index (χ0v) is 12.5. The quantitative estimate of drug-likeness (QED) is 0.802. The summed E-state index contributed by atoms with van der Waals surface area (Å²) in [5.41, 5.74) is 0.181. The van der Waals surface area contributed by atoms with Crippen LogP contribution in [0.3, 0.4) is 0 Å². The molecule has 1 aromatic heterocycles. The number of fused-ring (bicyclic) bond motifs is 3. The number of pyridine rings is 1. The lowest BCUT2D eigenvalue weighted by atomic mass is 9.82. The van der Waals surface area contributed by atoms with Crippen molar-refractivity contribution in [2.75, 3.05) is 7.05 Å². The molecule has 2 atom stereocenters. The average molecular weight is 282 g/mol. The number of piperidine rings is 2. The highest BCUT2D eigenvalue weighted by atomic mass is 16.1. The van der Waals surface area contributed by atoms with Gasteiger partial charge in [-0.1, -0.05) is 24.6 Å². The molecule has 3 heterocycles. The molecule has 0 amide bonds. The molecule has 110 valence electrons. The maximum Gasteiger partial charge on any atom is 0.258 e. The first-order valence-corrected chi connectivity index (χ1v) is 8.06. The fraction of sp³-hybridized carbons (Fsp3) is 0.500. The van der Waals surface area contributed by atoms with Crippen molar-refractivity contribution in [3.8, 4) is 0 Å². The molecule has 2 saturated heterocycles. The van der Waals surface area contributed by atoms with E-state index in [2.05, 4.69) is 18.0 Å². The lowest BCUT2D eigenvalue weighted by Gasteiger charge is -2.47. The van der Waals surface area contributed by atoms with Crippen LogP contribution in [0.5, 0.6) is 0 Å². The van der Waals surface area contributed by atoms with Gasteiger partial charge in [-0.2, -0.15) is 0 Å². The average Bonchev–Trinajstić information content (AvgIpc) is 2.48. The minimum absolute atomic E-state index is 0.181. The molecule has 0 saturated carbocycles. The number of hydrogen-bond donors (Lipinski definition) is 0. The Morgan fingerprint density at radius 2 is 1.71 bits per heavy atom. The van der Waals surface area contributed by atoms with Crippen LogP contribution in [0.15, 0.2) is 41.3 Å². The van der Waals surface area contributed by atoms with Gasteiger partial charge in [-0.15, -0.1) is 0 Å². The Hall–Kier alpha value is -1.61. The standard InChI is InChI=1S/C18H22N2O/c1-19-14-6-4-7-15(19)12-16(11-14)20-10-9-13-5-2-3-8-17(13)18(20)21/h2-3,5,8-10,14-16H,4,6-7,11-12H2,1H3. The molecule has 0 N–H and O–H groups in total. The number of hydrogen-bond acceptors (Lipinski definition) is 2. The van der Waals surface area contributed by atoms with Gasteiger partial charge in [0.15, 0.2) is 0 Å². The maximum absolute atomic E-state index is 12.8. The molecule has 2 bridgehead atoms. The summed E-state index contributed by atoms with van der Waals surface area (Å²) in [6.07, 6.45) is 8.16. The van der Waals surface area contributed by atoms with Crippen molar-refractivity contribution in [2.24, 2.45) is 0 Å². The zero-order valence-electron chi connectivity index (χ0n) is 12.5. The van der Waals surface area contributed by atoms with Crippen molar-refractivity contribution >= 4 is 10.8 Å². The summed E-state index contributed by atoms with van der Waals surface area (Å²) in [6, 6.07) is 11.7. The van der Waals surface area contributed by atoms with Crippen molar-refractivity contribution in [3.63, 3.8) is 0 Å². The summed E-state index contributed by atoms with van der Waals surface area (Å²) < 4.78 is 2.00. The van der Waals surface area contributed by atoms with Crippen LogP contribution >= 0.6 is 0 Å². The van der Waals surface area contributed by atoms with E-state index in [9.17, 15) is 4.79 Å². The largest absolute Gasteiger partial charge is 0.312 e. The first-order valence-electron chi connectivity index (χ1n) is 8.06. The molecule has 0 spiro atoms. The molecule has 0 radical (unpaired) electrons. The highest BCUT2D eigenvalue weighted by Gasteiger charge is 2.36. The monoisotopic (exact) mass is 282 g/mol. The third kappa shape index (κ3) is 2.11. The molecule has 2 aromatic rings. The Morgan fingerprint density at radius 1 is 1.00 bits per heavy atom. The molecule has 3 heteroatoms. The molecule has 4 rings (SSSR count). The van der Waals surface area contributed by atoms with Crippen LogP contribution in [-0.4, -0.2) is 28.6 Å². The number of aromatic nitrogens is 1. The van der Waals surface area contributed by atoms with Crippen LogP contribution in [0.4, 0.5) is 0 Å². The van der Waals surface area contributed by atoms with Gasteiger partial charge in [0.05, 0.1) is 0 Å². The van der Waals surface area contributed by atoms with E-state index in [1.807, 2.05) is 35.0 Å². The molecule has 0 aliphatic carbocycles. The van der Waals surface area contributed by atoms with E-state index < -0.39 is 0 Å². The molecule has 2 unspecified atom stereocenters. The van der Waals surface area contributed by atoms with Gasteiger partial charge >= 0.3 is 0 Å². The van der Waals surface area contributed by atoms with Gasteiger partial charge in [0, 0.05) is 29.7 Å². The summed E-state index contributed by atoms with van der Waals surface area (Å²) in [7, 11) is 2.26. The van der Waals surface area contributed by atoms with Crippen molar-refractivity contribution in [3.05, 3.63) is 46.9 Å². The van der Waals surface area contributed by atoms with E-state index in [4.69, 9.17) is 0 Å². The van der Waals surface area contributed by atoms with E-state index in [1.54, 1.807) is 0 Å². The Balaban J connectivity index is 1.74. The van der Waals surface area contributed by atoms with Crippen LogP contribution in [0, 0.1) is 0 Å². The van der Waals surface area contributed by atoms with Crippen molar-refractivity contribution in [2.45, 2.75) is 50.2 Å². The third-order valence-electron chi connectivity index (χ3n) is 5.55. The lowest BCUT2D eigenvalue weighted by Crippen LogP contribution is -2.50. The minimum Gasteiger partial charge on any atom is -0.312 e. The predicted molar refractivity (Wildman–Crippen MR) is 85.7 cm³/mol. The van der Waals surface area contributed by atoms with Crippen LogP contribution in [-0.2, 0) is 0 Å². The highest BCUT2D eigenvalue weighted by Crippen LogP contribution is 2.37. The van der Waals surface area contributed by atoms with Gasteiger partial charge in [-0.25, -0.2) is 0 Å². The van der Waals surface area contributed by atoms with E-state index in [1.165, 1.54) is 19.3 Å². The first kappa shape index (κ1) is 13.1. The first-order chi connectivity index (χ1) is 10.2. The second-order valence-corrected chi connectivity index (χ2v) is 6.64. The summed E-state index contributed by atoms with van der Waals surface area (Å²) in [6.45, 7) is 0. The van der Waals surface area contributed by atoms with Crippen LogP contribution in [0.1, 0.15) is 38.1 Å². The fourth-order valence-electron chi connectivity index (χ4n) is 4.31. The summed E-state index contributed by atoms with van der Waals surface area (Å²) in [5.74, 6) is 0. The normalized spacial score (nSPS) is 29.7. The highest BCUT2D eigenvalue weighted by molar-refractivity contribution is 5.81. The van der Waals surface area contributed by atoms with Gasteiger partial charge in [0.1, 0.15) is 0 Å². The number of rotatable bonds is 1. The Morgan fingerprint density at radius 3 is 2.48 bits per heavy atom. The summed E-state index contributed by atoms with van der Waals surface area (Å²) >= 11 is 0. The molecule has 2 aliphatic heterocycles. The van der Waals surface area contributed by atoms with Gasteiger partial charge in [-0.3, -0.25) is 4.79 Å². The van der Waals surface area contributed by atoms with Crippen LogP contribution in [0.25, 0.3) is 10.8 Å². The predicted octanol–water partition coefficient (Wildman–Crippen LogP) is 3.19. The van der Waals surface area contributed by atoms with Gasteiger partial charge in [0.2, 0.25) is 0 Å². The molecule has 1 aromatic carbocycles. The third-order valence-corrected chi connectivity index (χ3v) is 5.55. The second kappa shape index (κ2) is 4.99. The Labute approximate surface area is 125 Å².